The molecule has 2 aliphatic rings. The highest BCUT2D eigenvalue weighted by atomic mass is 32.2. The van der Waals surface area contributed by atoms with Gasteiger partial charge >= 0.3 is 0 Å². The van der Waals surface area contributed by atoms with Crippen molar-refractivity contribution in [3.05, 3.63) is 29.8 Å². The summed E-state index contributed by atoms with van der Waals surface area (Å²) in [4.78, 5) is 3.97. The van der Waals surface area contributed by atoms with E-state index < -0.39 is 0 Å². The van der Waals surface area contributed by atoms with Gasteiger partial charge in [0.2, 0.25) is 0 Å². The van der Waals surface area contributed by atoms with Crippen LogP contribution >= 0.6 is 11.8 Å². The lowest BCUT2D eigenvalue weighted by molar-refractivity contribution is 0.289. The summed E-state index contributed by atoms with van der Waals surface area (Å²) in [7, 11) is 2.25. The number of hydrogen-bond acceptors (Lipinski definition) is 3. The molecule has 1 aromatic rings. The van der Waals surface area contributed by atoms with Gasteiger partial charge in [0, 0.05) is 23.5 Å². The van der Waals surface area contributed by atoms with Crippen molar-refractivity contribution in [2.24, 2.45) is 0 Å². The van der Waals surface area contributed by atoms with Gasteiger partial charge in [-0.25, -0.2) is 0 Å². The molecule has 0 bridgehead atoms. The number of likely N-dealkylation sites (N-methyl/N-ethyl adjacent to an activating group) is 1. The molecule has 2 heterocycles. The van der Waals surface area contributed by atoms with Gasteiger partial charge < -0.3 is 10.2 Å². The van der Waals surface area contributed by atoms with Crippen molar-refractivity contribution in [3.63, 3.8) is 0 Å². The second kappa shape index (κ2) is 5.64. The Hall–Kier alpha value is -0.510. The van der Waals surface area contributed by atoms with E-state index in [1.165, 1.54) is 42.0 Å². The van der Waals surface area contributed by atoms with Gasteiger partial charge in [-0.3, -0.25) is 0 Å². The van der Waals surface area contributed by atoms with E-state index in [0.29, 0.717) is 6.04 Å². The third-order valence-corrected chi connectivity index (χ3v) is 5.35. The lowest BCUT2D eigenvalue weighted by Crippen LogP contribution is -2.37. The molecule has 2 aliphatic heterocycles. The van der Waals surface area contributed by atoms with Gasteiger partial charge in [0.25, 0.3) is 0 Å². The fraction of sp³-hybridized carbons (Fsp3) is 0.600. The summed E-state index contributed by atoms with van der Waals surface area (Å²) in [6.45, 7) is 2.41. The molecule has 18 heavy (non-hydrogen) atoms. The molecule has 2 unspecified atom stereocenters. The van der Waals surface area contributed by atoms with E-state index in [2.05, 4.69) is 41.5 Å². The average molecular weight is 262 g/mol. The van der Waals surface area contributed by atoms with Crippen molar-refractivity contribution in [3.8, 4) is 0 Å². The van der Waals surface area contributed by atoms with Gasteiger partial charge in [0.15, 0.2) is 0 Å². The predicted octanol–water partition coefficient (Wildman–Crippen LogP) is 2.91. The summed E-state index contributed by atoms with van der Waals surface area (Å²) in [6, 6.07) is 10.2. The van der Waals surface area contributed by atoms with Crippen LogP contribution in [0, 0.1) is 0 Å². The van der Waals surface area contributed by atoms with E-state index in [9.17, 15) is 0 Å². The quantitative estimate of drug-likeness (QED) is 0.901. The van der Waals surface area contributed by atoms with Crippen molar-refractivity contribution < 1.29 is 0 Å². The molecule has 0 radical (unpaired) electrons. The van der Waals surface area contributed by atoms with Crippen LogP contribution in [0.2, 0.25) is 0 Å². The van der Waals surface area contributed by atoms with Gasteiger partial charge in [0.05, 0.1) is 0 Å². The highest BCUT2D eigenvalue weighted by Crippen LogP contribution is 2.35. The molecule has 1 saturated heterocycles. The van der Waals surface area contributed by atoms with Crippen LogP contribution in [-0.2, 0) is 0 Å². The topological polar surface area (TPSA) is 15.3 Å². The fourth-order valence-electron chi connectivity index (χ4n) is 3.07. The Morgan fingerprint density at radius 2 is 2.22 bits per heavy atom. The van der Waals surface area contributed by atoms with Crippen LogP contribution < -0.4 is 5.32 Å². The standard InChI is InChI=1S/C15H22N2S/c1-17-9-4-5-12(17)11-16-14-8-10-18-15-7-3-2-6-13(14)15/h2-3,6-7,12,14,16H,4-5,8-11H2,1H3. The van der Waals surface area contributed by atoms with E-state index >= 15 is 0 Å². The third-order valence-electron chi connectivity index (χ3n) is 4.23. The Kier molecular flexibility index (Phi) is 3.92. The summed E-state index contributed by atoms with van der Waals surface area (Å²) < 4.78 is 0. The number of benzene rings is 1. The van der Waals surface area contributed by atoms with Crippen LogP contribution in [0.15, 0.2) is 29.2 Å². The molecule has 2 nitrogen and oxygen atoms in total. The highest BCUT2D eigenvalue weighted by Gasteiger charge is 2.24. The molecule has 3 heteroatoms. The zero-order valence-electron chi connectivity index (χ0n) is 11.1. The monoisotopic (exact) mass is 262 g/mol. The van der Waals surface area contributed by atoms with E-state index in [-0.39, 0.29) is 0 Å². The number of thioether (sulfide) groups is 1. The molecule has 0 spiro atoms. The first-order valence-corrected chi connectivity index (χ1v) is 7.98. The fourth-order valence-corrected chi connectivity index (χ4v) is 4.19. The first kappa shape index (κ1) is 12.5. The summed E-state index contributed by atoms with van der Waals surface area (Å²) in [5, 5.41) is 3.80. The van der Waals surface area contributed by atoms with Crippen LogP contribution in [0.5, 0.6) is 0 Å². The number of likely N-dealkylation sites (tertiary alicyclic amines) is 1. The zero-order valence-corrected chi connectivity index (χ0v) is 11.9. The number of nitrogens with one attached hydrogen (secondary N) is 1. The Morgan fingerprint density at radius 1 is 1.33 bits per heavy atom. The summed E-state index contributed by atoms with van der Waals surface area (Å²) in [5.41, 5.74) is 1.51. The summed E-state index contributed by atoms with van der Waals surface area (Å²) in [5.74, 6) is 1.25. The second-order valence-corrected chi connectivity index (χ2v) is 6.55. The van der Waals surface area contributed by atoms with Crippen molar-refractivity contribution in [2.45, 2.75) is 36.2 Å². The third kappa shape index (κ3) is 2.58. The van der Waals surface area contributed by atoms with Crippen LogP contribution in [0.4, 0.5) is 0 Å². The largest absolute Gasteiger partial charge is 0.308 e. The number of fused-ring (bicyclic) bond motifs is 1. The number of rotatable bonds is 3. The van der Waals surface area contributed by atoms with Crippen molar-refractivity contribution in [1.29, 1.82) is 0 Å². The normalized spacial score (nSPS) is 28.3. The molecule has 0 aliphatic carbocycles. The van der Waals surface area contributed by atoms with E-state index in [4.69, 9.17) is 0 Å². The molecule has 0 aromatic heterocycles. The van der Waals surface area contributed by atoms with Crippen LogP contribution in [0.3, 0.4) is 0 Å². The van der Waals surface area contributed by atoms with Crippen molar-refractivity contribution in [2.75, 3.05) is 25.9 Å². The Bertz CT molecular complexity index is 407. The molecule has 1 aromatic carbocycles. The zero-order chi connectivity index (χ0) is 12.4. The van der Waals surface area contributed by atoms with Crippen LogP contribution in [0.25, 0.3) is 0 Å². The number of nitrogens with zero attached hydrogens (tertiary/aromatic N) is 1. The maximum atomic E-state index is 3.80. The van der Waals surface area contributed by atoms with E-state index in [1.807, 2.05) is 11.8 Å². The van der Waals surface area contributed by atoms with Gasteiger partial charge in [0.1, 0.15) is 0 Å². The molecule has 3 rings (SSSR count). The van der Waals surface area contributed by atoms with E-state index in [0.717, 1.165) is 12.6 Å². The lowest BCUT2D eigenvalue weighted by atomic mass is 10.0. The number of hydrogen-bond donors (Lipinski definition) is 1. The van der Waals surface area contributed by atoms with Crippen molar-refractivity contribution >= 4 is 11.8 Å². The molecule has 0 amide bonds. The summed E-state index contributed by atoms with van der Waals surface area (Å²) in [6.07, 6.45) is 3.98. The Balaban J connectivity index is 1.64. The minimum Gasteiger partial charge on any atom is -0.308 e. The minimum atomic E-state index is 0.566. The first-order chi connectivity index (χ1) is 8.84. The van der Waals surface area contributed by atoms with Crippen LogP contribution in [-0.4, -0.2) is 36.8 Å². The smallest absolute Gasteiger partial charge is 0.0339 e. The SMILES string of the molecule is CN1CCCC1CNC1CCSc2ccccc21. The lowest BCUT2D eigenvalue weighted by Gasteiger charge is -2.28. The van der Waals surface area contributed by atoms with Gasteiger partial charge in [-0.15, -0.1) is 11.8 Å². The molecular weight excluding hydrogens is 240 g/mol. The van der Waals surface area contributed by atoms with Gasteiger partial charge in [-0.1, -0.05) is 18.2 Å². The highest BCUT2D eigenvalue weighted by molar-refractivity contribution is 7.99. The second-order valence-electron chi connectivity index (χ2n) is 5.41. The Labute approximate surface area is 114 Å². The van der Waals surface area contributed by atoms with Crippen molar-refractivity contribution in [1.82, 2.24) is 10.2 Å². The predicted molar refractivity (Wildman–Crippen MR) is 78.2 cm³/mol. The molecule has 98 valence electrons. The van der Waals surface area contributed by atoms with Gasteiger partial charge in [-0.2, -0.15) is 0 Å². The molecule has 1 fully saturated rings. The maximum absolute atomic E-state index is 3.80. The average Bonchev–Trinajstić information content (AvgIpc) is 2.82. The van der Waals surface area contributed by atoms with E-state index in [1.54, 1.807) is 0 Å². The molecular formula is C15H22N2S. The molecule has 2 atom stereocenters. The van der Waals surface area contributed by atoms with Gasteiger partial charge in [-0.05, 0) is 50.2 Å². The molecule has 1 N–H and O–H groups in total. The van der Waals surface area contributed by atoms with Crippen LogP contribution in [0.1, 0.15) is 30.9 Å². The Morgan fingerprint density at radius 3 is 3.06 bits per heavy atom. The minimum absolute atomic E-state index is 0.566. The first-order valence-electron chi connectivity index (χ1n) is 7.00. The molecule has 0 saturated carbocycles. The summed E-state index contributed by atoms with van der Waals surface area (Å²) >= 11 is 2.00. The maximum Gasteiger partial charge on any atom is 0.0339 e.